The lowest BCUT2D eigenvalue weighted by atomic mass is 9.93. The third kappa shape index (κ3) is 5.11. The molecule has 0 aliphatic carbocycles. The second-order valence-corrected chi connectivity index (χ2v) is 8.72. The van der Waals surface area contributed by atoms with Crippen molar-refractivity contribution in [2.24, 2.45) is 5.92 Å². The van der Waals surface area contributed by atoms with Gasteiger partial charge in [-0.15, -0.1) is 0 Å². The molecule has 0 saturated carbocycles. The Bertz CT molecular complexity index is 891. The van der Waals surface area contributed by atoms with Gasteiger partial charge in [0.25, 0.3) is 0 Å². The number of benzene rings is 1. The number of para-hydroxylation sites is 1. The smallest absolute Gasteiger partial charge is 0.312 e. The van der Waals surface area contributed by atoms with E-state index in [0.717, 1.165) is 17.1 Å². The SMILES string of the molecule is CCO[C@H]1CN(c2cccc(-c3cccc(C)c3O)n2)CC[C@H]1C(=O)OC(C)(C)C. The molecule has 0 amide bonds. The van der Waals surface area contributed by atoms with Gasteiger partial charge in [0.2, 0.25) is 0 Å². The number of aryl methyl sites for hydroxylation is 1. The van der Waals surface area contributed by atoms with Gasteiger partial charge < -0.3 is 19.5 Å². The van der Waals surface area contributed by atoms with Crippen LogP contribution in [0.2, 0.25) is 0 Å². The van der Waals surface area contributed by atoms with Crippen molar-refractivity contribution in [3.05, 3.63) is 42.0 Å². The van der Waals surface area contributed by atoms with Gasteiger partial charge in [-0.05, 0) is 64.8 Å². The Labute approximate surface area is 178 Å². The van der Waals surface area contributed by atoms with Crippen LogP contribution in [0.5, 0.6) is 5.75 Å². The lowest BCUT2D eigenvalue weighted by Gasteiger charge is -2.38. The molecule has 1 saturated heterocycles. The van der Waals surface area contributed by atoms with Gasteiger partial charge in [-0.2, -0.15) is 0 Å². The van der Waals surface area contributed by atoms with Crippen molar-refractivity contribution in [3.8, 4) is 17.0 Å². The molecule has 1 aromatic carbocycles. The van der Waals surface area contributed by atoms with Gasteiger partial charge in [0.1, 0.15) is 17.2 Å². The average molecular weight is 413 g/mol. The molecule has 1 aliphatic rings. The fourth-order valence-corrected chi connectivity index (χ4v) is 3.77. The Kier molecular flexibility index (Phi) is 6.66. The number of ether oxygens (including phenoxy) is 2. The van der Waals surface area contributed by atoms with Gasteiger partial charge in [-0.3, -0.25) is 4.79 Å². The fourth-order valence-electron chi connectivity index (χ4n) is 3.77. The van der Waals surface area contributed by atoms with Gasteiger partial charge in [0, 0.05) is 25.3 Å². The van der Waals surface area contributed by atoms with Crippen molar-refractivity contribution < 1.29 is 19.4 Å². The molecule has 3 rings (SSSR count). The van der Waals surface area contributed by atoms with E-state index in [1.165, 1.54) is 0 Å². The highest BCUT2D eigenvalue weighted by Gasteiger charge is 2.37. The molecule has 0 spiro atoms. The zero-order valence-electron chi connectivity index (χ0n) is 18.5. The summed E-state index contributed by atoms with van der Waals surface area (Å²) in [6.07, 6.45) is 0.387. The molecule has 1 fully saturated rings. The minimum atomic E-state index is -0.517. The zero-order valence-corrected chi connectivity index (χ0v) is 18.5. The van der Waals surface area contributed by atoms with E-state index in [-0.39, 0.29) is 23.7 Å². The Balaban J connectivity index is 1.81. The van der Waals surface area contributed by atoms with E-state index in [1.54, 1.807) is 0 Å². The normalized spacial score (nSPS) is 19.6. The van der Waals surface area contributed by atoms with Crippen LogP contribution >= 0.6 is 0 Å². The molecule has 0 bridgehead atoms. The zero-order chi connectivity index (χ0) is 21.9. The maximum absolute atomic E-state index is 12.7. The summed E-state index contributed by atoms with van der Waals surface area (Å²) in [7, 11) is 0. The first-order chi connectivity index (χ1) is 14.2. The lowest BCUT2D eigenvalue weighted by molar-refractivity contribution is -0.166. The average Bonchev–Trinajstić information content (AvgIpc) is 2.69. The molecule has 162 valence electrons. The van der Waals surface area contributed by atoms with Crippen LogP contribution in [0.4, 0.5) is 5.82 Å². The number of aromatic nitrogens is 1. The molecule has 6 nitrogen and oxygen atoms in total. The van der Waals surface area contributed by atoms with E-state index in [2.05, 4.69) is 4.90 Å². The molecule has 30 heavy (non-hydrogen) atoms. The van der Waals surface area contributed by atoms with Crippen molar-refractivity contribution in [1.29, 1.82) is 0 Å². The van der Waals surface area contributed by atoms with Crippen molar-refractivity contribution in [3.63, 3.8) is 0 Å². The summed E-state index contributed by atoms with van der Waals surface area (Å²) in [6.45, 7) is 11.2. The minimum Gasteiger partial charge on any atom is -0.507 e. The number of anilines is 1. The standard InChI is InChI=1S/C24H32N2O4/c1-6-29-20-15-26(14-13-18(20)23(28)30-24(3,4)5)21-12-8-11-19(25-21)17-10-7-9-16(2)22(17)27/h7-12,18,20,27H,6,13-15H2,1-5H3/t18-,20+/m1/s1. The molecule has 2 heterocycles. The van der Waals surface area contributed by atoms with Crippen LogP contribution in [0.15, 0.2) is 36.4 Å². The minimum absolute atomic E-state index is 0.202. The molecule has 1 aromatic heterocycles. The number of aromatic hydroxyl groups is 1. The van der Waals surface area contributed by atoms with Crippen LogP contribution in [-0.4, -0.2) is 47.5 Å². The summed E-state index contributed by atoms with van der Waals surface area (Å²) in [5, 5.41) is 10.4. The number of piperidine rings is 1. The maximum Gasteiger partial charge on any atom is 0.312 e. The molecule has 1 aliphatic heterocycles. The van der Waals surface area contributed by atoms with Gasteiger partial charge in [-0.1, -0.05) is 18.2 Å². The molecule has 2 aromatic rings. The predicted octanol–water partition coefficient (Wildman–Crippen LogP) is 4.34. The number of esters is 1. The highest BCUT2D eigenvalue weighted by atomic mass is 16.6. The first kappa shape index (κ1) is 22.1. The number of phenols is 1. The number of rotatable bonds is 5. The maximum atomic E-state index is 12.7. The first-order valence-electron chi connectivity index (χ1n) is 10.5. The molecular weight excluding hydrogens is 380 g/mol. The predicted molar refractivity (Wildman–Crippen MR) is 118 cm³/mol. The monoisotopic (exact) mass is 412 g/mol. The fraction of sp³-hybridized carbons (Fsp3) is 0.500. The van der Waals surface area contributed by atoms with Crippen molar-refractivity contribution in [2.45, 2.75) is 52.7 Å². The van der Waals surface area contributed by atoms with E-state index in [1.807, 2.05) is 71.0 Å². The van der Waals surface area contributed by atoms with E-state index in [0.29, 0.717) is 31.7 Å². The first-order valence-corrected chi connectivity index (χ1v) is 10.5. The highest BCUT2D eigenvalue weighted by molar-refractivity contribution is 5.74. The number of nitrogens with zero attached hydrogens (tertiary/aromatic N) is 2. The Hall–Kier alpha value is -2.60. The van der Waals surface area contributed by atoms with E-state index in [4.69, 9.17) is 14.5 Å². The Morgan fingerprint density at radius 2 is 1.97 bits per heavy atom. The largest absolute Gasteiger partial charge is 0.507 e. The van der Waals surface area contributed by atoms with Gasteiger partial charge >= 0.3 is 5.97 Å². The van der Waals surface area contributed by atoms with Crippen LogP contribution in [0.3, 0.4) is 0 Å². The van der Waals surface area contributed by atoms with Crippen LogP contribution in [0, 0.1) is 12.8 Å². The van der Waals surface area contributed by atoms with Crippen molar-refractivity contribution >= 4 is 11.8 Å². The number of pyridine rings is 1. The van der Waals surface area contributed by atoms with Crippen LogP contribution in [-0.2, 0) is 14.3 Å². The van der Waals surface area contributed by atoms with Gasteiger partial charge in [-0.25, -0.2) is 4.98 Å². The summed E-state index contributed by atoms with van der Waals surface area (Å²) in [6, 6.07) is 11.4. The van der Waals surface area contributed by atoms with E-state index < -0.39 is 5.60 Å². The summed E-state index contributed by atoms with van der Waals surface area (Å²) < 4.78 is 11.5. The quantitative estimate of drug-likeness (QED) is 0.737. The molecule has 0 unspecified atom stereocenters. The van der Waals surface area contributed by atoms with Crippen molar-refractivity contribution in [2.75, 3.05) is 24.6 Å². The molecule has 0 radical (unpaired) electrons. The molecular formula is C24H32N2O4. The Morgan fingerprint density at radius 3 is 2.67 bits per heavy atom. The highest BCUT2D eigenvalue weighted by Crippen LogP contribution is 2.33. The number of carbonyl (C=O) groups is 1. The molecule has 6 heteroatoms. The van der Waals surface area contributed by atoms with Gasteiger partial charge in [0.05, 0.1) is 17.7 Å². The van der Waals surface area contributed by atoms with Gasteiger partial charge in [0.15, 0.2) is 0 Å². The van der Waals surface area contributed by atoms with E-state index in [9.17, 15) is 9.90 Å². The number of hydrogen-bond donors (Lipinski definition) is 1. The second-order valence-electron chi connectivity index (χ2n) is 8.72. The number of carbonyl (C=O) groups excluding carboxylic acids is 1. The van der Waals surface area contributed by atoms with Crippen molar-refractivity contribution in [1.82, 2.24) is 4.98 Å². The summed E-state index contributed by atoms with van der Waals surface area (Å²) in [4.78, 5) is 19.6. The Morgan fingerprint density at radius 1 is 1.23 bits per heavy atom. The summed E-state index contributed by atoms with van der Waals surface area (Å²) >= 11 is 0. The molecule has 2 atom stereocenters. The number of phenolic OH excluding ortho intramolecular Hbond substituents is 1. The number of hydrogen-bond acceptors (Lipinski definition) is 6. The summed E-state index contributed by atoms with van der Waals surface area (Å²) in [5.74, 6) is 0.565. The van der Waals surface area contributed by atoms with Crippen LogP contribution in [0.1, 0.15) is 39.7 Å². The van der Waals surface area contributed by atoms with E-state index >= 15 is 0 Å². The lowest BCUT2D eigenvalue weighted by Crippen LogP contribution is -2.49. The summed E-state index contributed by atoms with van der Waals surface area (Å²) in [5.41, 5.74) is 1.73. The molecule has 1 N–H and O–H groups in total. The van der Waals surface area contributed by atoms with Crippen LogP contribution < -0.4 is 4.90 Å². The van der Waals surface area contributed by atoms with Crippen LogP contribution in [0.25, 0.3) is 11.3 Å². The third-order valence-corrected chi connectivity index (χ3v) is 5.22. The second kappa shape index (κ2) is 9.04. The topological polar surface area (TPSA) is 71.9 Å². The third-order valence-electron chi connectivity index (χ3n) is 5.22.